The third-order valence-electron chi connectivity index (χ3n) is 1.85. The fraction of sp³-hybridized carbons (Fsp3) is 0.556. The second-order valence-corrected chi connectivity index (χ2v) is 2.63. The Morgan fingerprint density at radius 1 is 1.67 bits per heavy atom. The van der Waals surface area contributed by atoms with Crippen LogP contribution < -0.4 is 0 Å². The van der Waals surface area contributed by atoms with Gasteiger partial charge in [-0.2, -0.15) is 0 Å². The molecule has 0 bridgehead atoms. The molecule has 0 amide bonds. The molecule has 0 heterocycles. The molecule has 1 rings (SSSR count). The second-order valence-electron chi connectivity index (χ2n) is 2.63. The molecule has 0 aromatic carbocycles. The van der Waals surface area contributed by atoms with Gasteiger partial charge in [-0.3, -0.25) is 0 Å². The number of allylic oxidation sites excluding steroid dienone is 3. The number of hydrogen-bond donors (Lipinski definition) is 0. The topological polar surface area (TPSA) is 0 Å². The predicted molar refractivity (Wildman–Crippen MR) is 41.3 cm³/mol. The molecule has 0 N–H and O–H groups in total. The third-order valence-corrected chi connectivity index (χ3v) is 1.85. The molecule has 0 spiro atoms. The van der Waals surface area contributed by atoms with E-state index >= 15 is 0 Å². The van der Waals surface area contributed by atoms with Gasteiger partial charge in [0.25, 0.3) is 0 Å². The molecule has 9 heavy (non-hydrogen) atoms. The fourth-order valence-electron chi connectivity index (χ4n) is 1.14. The lowest BCUT2D eigenvalue weighted by Crippen LogP contribution is -1.81. The van der Waals surface area contributed by atoms with Crippen molar-refractivity contribution in [3.05, 3.63) is 24.3 Å². The number of hydrogen-bond acceptors (Lipinski definition) is 0. The normalized spacial score (nSPS) is 19.9. The Morgan fingerprint density at radius 2 is 2.33 bits per heavy atom. The minimum Gasteiger partial charge on any atom is -0.103 e. The van der Waals surface area contributed by atoms with Crippen molar-refractivity contribution in [2.24, 2.45) is 5.92 Å². The molecule has 0 atom stereocenters. The van der Waals surface area contributed by atoms with Crippen molar-refractivity contribution >= 4 is 0 Å². The maximum atomic E-state index is 3.72. The van der Waals surface area contributed by atoms with Gasteiger partial charge in [0.15, 0.2) is 0 Å². The van der Waals surface area contributed by atoms with Crippen LogP contribution >= 0.6 is 0 Å². The van der Waals surface area contributed by atoms with E-state index in [-0.39, 0.29) is 0 Å². The second kappa shape index (κ2) is 2.86. The Morgan fingerprint density at radius 3 is 2.67 bits per heavy atom. The standard InChI is InChI=1S/C9H14/c1-3-5-8(4-2)9-6-7-9/h3-4,9H,1,5-7H2,2H3/b8-4+. The molecule has 0 saturated heterocycles. The van der Waals surface area contributed by atoms with Crippen LogP contribution in [0.2, 0.25) is 0 Å². The molecule has 1 saturated carbocycles. The Kier molecular flexibility index (Phi) is 2.10. The Hall–Kier alpha value is -0.520. The van der Waals surface area contributed by atoms with Crippen LogP contribution in [0.15, 0.2) is 24.3 Å². The van der Waals surface area contributed by atoms with Gasteiger partial charge in [-0.25, -0.2) is 0 Å². The number of rotatable bonds is 3. The van der Waals surface area contributed by atoms with E-state index in [1.807, 2.05) is 6.08 Å². The maximum Gasteiger partial charge on any atom is -0.0139 e. The van der Waals surface area contributed by atoms with Gasteiger partial charge in [0.05, 0.1) is 0 Å². The molecular formula is C9H14. The molecule has 0 nitrogen and oxygen atoms in total. The molecular weight excluding hydrogens is 108 g/mol. The summed E-state index contributed by atoms with van der Waals surface area (Å²) in [6.45, 7) is 5.84. The molecule has 0 aliphatic heterocycles. The van der Waals surface area contributed by atoms with Gasteiger partial charge >= 0.3 is 0 Å². The van der Waals surface area contributed by atoms with Crippen molar-refractivity contribution in [2.45, 2.75) is 26.2 Å². The van der Waals surface area contributed by atoms with Crippen molar-refractivity contribution in [3.8, 4) is 0 Å². The SMILES string of the molecule is C=CC/C(=C\C)C1CC1. The highest BCUT2D eigenvalue weighted by Gasteiger charge is 2.23. The highest BCUT2D eigenvalue weighted by atomic mass is 14.3. The van der Waals surface area contributed by atoms with E-state index in [4.69, 9.17) is 0 Å². The summed E-state index contributed by atoms with van der Waals surface area (Å²) >= 11 is 0. The summed E-state index contributed by atoms with van der Waals surface area (Å²) in [5.74, 6) is 0.924. The van der Waals surface area contributed by atoms with Crippen LogP contribution in [0, 0.1) is 5.92 Å². The summed E-state index contributed by atoms with van der Waals surface area (Å²) in [5.41, 5.74) is 1.59. The first-order valence-electron chi connectivity index (χ1n) is 3.64. The van der Waals surface area contributed by atoms with E-state index in [1.165, 1.54) is 12.8 Å². The summed E-state index contributed by atoms with van der Waals surface area (Å²) in [4.78, 5) is 0. The van der Waals surface area contributed by atoms with Crippen molar-refractivity contribution in [1.82, 2.24) is 0 Å². The van der Waals surface area contributed by atoms with Crippen molar-refractivity contribution < 1.29 is 0 Å². The summed E-state index contributed by atoms with van der Waals surface area (Å²) in [6.07, 6.45) is 8.15. The lowest BCUT2D eigenvalue weighted by molar-refractivity contribution is 0.948. The monoisotopic (exact) mass is 122 g/mol. The minimum absolute atomic E-state index is 0.924. The summed E-state index contributed by atoms with van der Waals surface area (Å²) in [6, 6.07) is 0. The van der Waals surface area contributed by atoms with Gasteiger partial charge in [0, 0.05) is 0 Å². The van der Waals surface area contributed by atoms with Crippen LogP contribution in [0.4, 0.5) is 0 Å². The molecule has 50 valence electrons. The highest BCUT2D eigenvalue weighted by molar-refractivity contribution is 5.14. The fourth-order valence-corrected chi connectivity index (χ4v) is 1.14. The average Bonchev–Trinajstić information content (AvgIpc) is 2.64. The molecule has 0 heteroatoms. The summed E-state index contributed by atoms with van der Waals surface area (Å²) < 4.78 is 0. The first-order valence-corrected chi connectivity index (χ1v) is 3.64. The Balaban J connectivity index is 2.38. The summed E-state index contributed by atoms with van der Waals surface area (Å²) in [5, 5.41) is 0. The molecule has 1 aliphatic rings. The third kappa shape index (κ3) is 1.70. The largest absolute Gasteiger partial charge is 0.103 e. The van der Waals surface area contributed by atoms with E-state index < -0.39 is 0 Å². The van der Waals surface area contributed by atoms with E-state index in [0.29, 0.717) is 0 Å². The van der Waals surface area contributed by atoms with Gasteiger partial charge in [-0.05, 0) is 32.1 Å². The molecule has 0 radical (unpaired) electrons. The maximum absolute atomic E-state index is 3.72. The predicted octanol–water partition coefficient (Wildman–Crippen LogP) is 2.92. The van der Waals surface area contributed by atoms with Gasteiger partial charge in [0.1, 0.15) is 0 Å². The van der Waals surface area contributed by atoms with E-state index in [0.717, 1.165) is 12.3 Å². The van der Waals surface area contributed by atoms with Gasteiger partial charge < -0.3 is 0 Å². The van der Waals surface area contributed by atoms with Crippen LogP contribution in [0.25, 0.3) is 0 Å². The molecule has 1 fully saturated rings. The highest BCUT2D eigenvalue weighted by Crippen LogP contribution is 2.37. The molecule has 0 aromatic rings. The van der Waals surface area contributed by atoms with Crippen LogP contribution in [-0.2, 0) is 0 Å². The van der Waals surface area contributed by atoms with Crippen LogP contribution in [0.3, 0.4) is 0 Å². The van der Waals surface area contributed by atoms with Gasteiger partial charge in [-0.15, -0.1) is 6.58 Å². The van der Waals surface area contributed by atoms with Gasteiger partial charge in [0.2, 0.25) is 0 Å². The molecule has 1 aliphatic carbocycles. The zero-order valence-corrected chi connectivity index (χ0v) is 6.06. The van der Waals surface area contributed by atoms with Crippen molar-refractivity contribution in [3.63, 3.8) is 0 Å². The molecule has 0 unspecified atom stereocenters. The van der Waals surface area contributed by atoms with Crippen LogP contribution in [0.1, 0.15) is 26.2 Å². The lowest BCUT2D eigenvalue weighted by Gasteiger charge is -1.97. The average molecular weight is 122 g/mol. The Bertz CT molecular complexity index is 127. The first kappa shape index (κ1) is 6.60. The zero-order chi connectivity index (χ0) is 6.69. The van der Waals surface area contributed by atoms with E-state index in [2.05, 4.69) is 19.6 Å². The van der Waals surface area contributed by atoms with Crippen LogP contribution in [0.5, 0.6) is 0 Å². The summed E-state index contributed by atoms with van der Waals surface area (Å²) in [7, 11) is 0. The lowest BCUT2D eigenvalue weighted by atomic mass is 10.1. The van der Waals surface area contributed by atoms with Crippen molar-refractivity contribution in [2.75, 3.05) is 0 Å². The van der Waals surface area contributed by atoms with Crippen molar-refractivity contribution in [1.29, 1.82) is 0 Å². The molecule has 0 aromatic heterocycles. The zero-order valence-electron chi connectivity index (χ0n) is 6.06. The first-order chi connectivity index (χ1) is 4.38. The van der Waals surface area contributed by atoms with E-state index in [1.54, 1.807) is 5.57 Å². The van der Waals surface area contributed by atoms with Gasteiger partial charge in [-0.1, -0.05) is 17.7 Å². The van der Waals surface area contributed by atoms with Crippen LogP contribution in [-0.4, -0.2) is 0 Å². The Labute approximate surface area is 57.3 Å². The smallest absolute Gasteiger partial charge is 0.0139 e. The van der Waals surface area contributed by atoms with E-state index in [9.17, 15) is 0 Å². The quantitative estimate of drug-likeness (QED) is 0.505. The minimum atomic E-state index is 0.924.